The fourth-order valence-electron chi connectivity index (χ4n) is 2.77. The third-order valence-electron chi connectivity index (χ3n) is 4.07. The van der Waals surface area contributed by atoms with Gasteiger partial charge in [-0.1, -0.05) is 30.3 Å². The number of thiazole rings is 1. The average Bonchev–Trinajstić information content (AvgIpc) is 3.19. The molecule has 0 aliphatic carbocycles. The normalized spacial score (nSPS) is 10.7. The van der Waals surface area contributed by atoms with Gasteiger partial charge in [0.1, 0.15) is 6.54 Å². The molecule has 0 aliphatic rings. The first-order chi connectivity index (χ1) is 13.2. The number of nitrogens with one attached hydrogen (secondary N) is 1. The van der Waals surface area contributed by atoms with Gasteiger partial charge in [-0.2, -0.15) is 0 Å². The lowest BCUT2D eigenvalue weighted by Crippen LogP contribution is -2.39. The second-order valence-corrected chi connectivity index (χ2v) is 6.91. The number of fused-ring (bicyclic) bond motifs is 1. The minimum atomic E-state index is -0.267. The number of ether oxygens (including phenoxy) is 1. The molecule has 1 N–H and O–H groups in total. The topological polar surface area (TPSA) is 71.5 Å². The van der Waals surface area contributed by atoms with E-state index in [1.165, 1.54) is 11.3 Å². The Morgan fingerprint density at radius 2 is 2.00 bits per heavy atom. The van der Waals surface area contributed by atoms with E-state index in [-0.39, 0.29) is 18.4 Å². The third-order valence-corrected chi connectivity index (χ3v) is 4.76. The Morgan fingerprint density at radius 1 is 1.19 bits per heavy atom. The molecule has 6 nitrogen and oxygen atoms in total. The van der Waals surface area contributed by atoms with Gasteiger partial charge in [-0.25, -0.2) is 4.98 Å². The fraction of sp³-hybridized carbons (Fsp3) is 0.250. The van der Waals surface area contributed by atoms with E-state index in [0.29, 0.717) is 30.3 Å². The predicted octanol–water partition coefficient (Wildman–Crippen LogP) is 3.41. The quantitative estimate of drug-likeness (QED) is 0.605. The summed E-state index contributed by atoms with van der Waals surface area (Å²) in [7, 11) is 1.62. The Balaban J connectivity index is 1.75. The van der Waals surface area contributed by atoms with Crippen molar-refractivity contribution in [3.8, 4) is 0 Å². The van der Waals surface area contributed by atoms with Crippen LogP contribution in [0.15, 0.2) is 54.0 Å². The number of aromatic nitrogens is 1. The Morgan fingerprint density at radius 3 is 2.74 bits per heavy atom. The van der Waals surface area contributed by atoms with Gasteiger partial charge in [0, 0.05) is 37.4 Å². The van der Waals surface area contributed by atoms with E-state index in [2.05, 4.69) is 10.3 Å². The minimum absolute atomic E-state index is 0.0328. The lowest BCUT2D eigenvalue weighted by atomic mass is 10.1. The smallest absolute Gasteiger partial charge is 0.254 e. The van der Waals surface area contributed by atoms with Crippen LogP contribution in [0.1, 0.15) is 16.8 Å². The number of carbonyl (C=O) groups is 2. The Bertz CT molecular complexity index is 912. The zero-order chi connectivity index (χ0) is 19.1. The first-order valence-electron chi connectivity index (χ1n) is 8.64. The van der Waals surface area contributed by atoms with Crippen molar-refractivity contribution in [1.29, 1.82) is 0 Å². The molecule has 0 fully saturated rings. The lowest BCUT2D eigenvalue weighted by molar-refractivity contribution is -0.116. The SMILES string of the molecule is COCCCN(CC(=O)Nc1nccs1)C(=O)c1ccc2ccccc2c1. The standard InChI is InChI=1S/C20H21N3O3S/c1-26-11-4-10-23(14-18(24)22-20-21-9-12-27-20)19(25)17-8-7-15-5-2-3-6-16(15)13-17/h2-3,5-9,12-13H,4,10-11,14H2,1H3,(H,21,22,24). The fourth-order valence-corrected chi connectivity index (χ4v) is 3.32. The van der Waals surface area contributed by atoms with Crippen LogP contribution in [0.25, 0.3) is 10.8 Å². The maximum atomic E-state index is 13.0. The zero-order valence-electron chi connectivity index (χ0n) is 15.1. The van der Waals surface area contributed by atoms with Crippen molar-refractivity contribution < 1.29 is 14.3 Å². The molecule has 7 heteroatoms. The number of rotatable bonds is 8. The molecule has 1 aromatic heterocycles. The molecule has 3 aromatic rings. The van der Waals surface area contributed by atoms with E-state index in [0.717, 1.165) is 10.8 Å². The molecule has 2 amide bonds. The van der Waals surface area contributed by atoms with Crippen LogP contribution in [-0.2, 0) is 9.53 Å². The highest BCUT2D eigenvalue weighted by atomic mass is 32.1. The van der Waals surface area contributed by atoms with Gasteiger partial charge in [-0.3, -0.25) is 9.59 Å². The van der Waals surface area contributed by atoms with Crippen LogP contribution in [0.4, 0.5) is 5.13 Å². The molecule has 0 unspecified atom stereocenters. The Hall–Kier alpha value is -2.77. The first kappa shape index (κ1) is 19.0. The summed E-state index contributed by atoms with van der Waals surface area (Å²) in [6, 6.07) is 13.5. The van der Waals surface area contributed by atoms with Crippen molar-refractivity contribution in [1.82, 2.24) is 9.88 Å². The van der Waals surface area contributed by atoms with Gasteiger partial charge >= 0.3 is 0 Å². The molecule has 0 saturated heterocycles. The molecule has 3 rings (SSSR count). The maximum absolute atomic E-state index is 13.0. The second-order valence-electron chi connectivity index (χ2n) is 6.02. The number of amides is 2. The van der Waals surface area contributed by atoms with Crippen molar-refractivity contribution in [3.63, 3.8) is 0 Å². The molecule has 1 heterocycles. The van der Waals surface area contributed by atoms with E-state index < -0.39 is 0 Å². The second kappa shape index (κ2) is 9.25. The molecule has 0 bridgehead atoms. The number of methoxy groups -OCH3 is 1. The number of carbonyl (C=O) groups excluding carboxylic acids is 2. The van der Waals surface area contributed by atoms with Gasteiger partial charge in [-0.05, 0) is 29.3 Å². The van der Waals surface area contributed by atoms with Gasteiger partial charge in [-0.15, -0.1) is 11.3 Å². The van der Waals surface area contributed by atoms with Crippen molar-refractivity contribution in [3.05, 3.63) is 59.6 Å². The van der Waals surface area contributed by atoms with Gasteiger partial charge in [0.15, 0.2) is 5.13 Å². The number of hydrogen-bond acceptors (Lipinski definition) is 5. The van der Waals surface area contributed by atoms with E-state index in [1.807, 2.05) is 36.4 Å². The molecule has 0 atom stereocenters. The highest BCUT2D eigenvalue weighted by molar-refractivity contribution is 7.13. The molecule has 0 radical (unpaired) electrons. The summed E-state index contributed by atoms with van der Waals surface area (Å²) in [5, 5.41) is 7.09. The van der Waals surface area contributed by atoms with E-state index >= 15 is 0 Å². The summed E-state index contributed by atoms with van der Waals surface area (Å²) in [6.45, 7) is 0.926. The van der Waals surface area contributed by atoms with Crippen molar-refractivity contribution >= 4 is 39.1 Å². The maximum Gasteiger partial charge on any atom is 0.254 e. The molecule has 0 saturated carbocycles. The molecule has 2 aromatic carbocycles. The minimum Gasteiger partial charge on any atom is -0.385 e. The number of hydrogen-bond donors (Lipinski definition) is 1. The molecule has 0 spiro atoms. The van der Waals surface area contributed by atoms with Crippen LogP contribution in [0, 0.1) is 0 Å². The van der Waals surface area contributed by atoms with E-state index in [9.17, 15) is 9.59 Å². The van der Waals surface area contributed by atoms with Gasteiger partial charge in [0.25, 0.3) is 5.91 Å². The zero-order valence-corrected chi connectivity index (χ0v) is 15.9. The van der Waals surface area contributed by atoms with Gasteiger partial charge in [0.2, 0.25) is 5.91 Å². The Labute approximate surface area is 161 Å². The van der Waals surface area contributed by atoms with Crippen molar-refractivity contribution in [2.45, 2.75) is 6.42 Å². The predicted molar refractivity (Wildman–Crippen MR) is 107 cm³/mol. The van der Waals surface area contributed by atoms with E-state index in [4.69, 9.17) is 4.74 Å². The summed E-state index contributed by atoms with van der Waals surface area (Å²) >= 11 is 1.34. The summed E-state index contributed by atoms with van der Waals surface area (Å²) in [5.74, 6) is -0.442. The average molecular weight is 383 g/mol. The molecular weight excluding hydrogens is 362 g/mol. The summed E-state index contributed by atoms with van der Waals surface area (Å²) in [6.07, 6.45) is 2.28. The first-order valence-corrected chi connectivity index (χ1v) is 9.51. The molecule has 140 valence electrons. The van der Waals surface area contributed by atoms with Gasteiger partial charge < -0.3 is 15.0 Å². The van der Waals surface area contributed by atoms with Crippen LogP contribution in [-0.4, -0.2) is 48.5 Å². The highest BCUT2D eigenvalue weighted by Crippen LogP contribution is 2.17. The third kappa shape index (κ3) is 5.12. The summed E-state index contributed by atoms with van der Waals surface area (Å²) < 4.78 is 5.08. The number of anilines is 1. The number of benzene rings is 2. The molecule has 27 heavy (non-hydrogen) atoms. The highest BCUT2D eigenvalue weighted by Gasteiger charge is 2.19. The van der Waals surface area contributed by atoms with Crippen LogP contribution >= 0.6 is 11.3 Å². The summed E-state index contributed by atoms with van der Waals surface area (Å²) in [5.41, 5.74) is 0.563. The van der Waals surface area contributed by atoms with Crippen LogP contribution in [0.5, 0.6) is 0 Å². The monoisotopic (exact) mass is 383 g/mol. The molecular formula is C20H21N3O3S. The lowest BCUT2D eigenvalue weighted by Gasteiger charge is -2.22. The van der Waals surface area contributed by atoms with Crippen molar-refractivity contribution in [2.24, 2.45) is 0 Å². The molecule has 0 aliphatic heterocycles. The number of nitrogens with zero attached hydrogens (tertiary/aromatic N) is 2. The van der Waals surface area contributed by atoms with Crippen molar-refractivity contribution in [2.75, 3.05) is 32.1 Å². The van der Waals surface area contributed by atoms with Crippen LogP contribution in [0.3, 0.4) is 0 Å². The van der Waals surface area contributed by atoms with Crippen LogP contribution < -0.4 is 5.32 Å². The Kier molecular flexibility index (Phi) is 6.51. The largest absolute Gasteiger partial charge is 0.385 e. The van der Waals surface area contributed by atoms with Crippen LogP contribution in [0.2, 0.25) is 0 Å². The summed E-state index contributed by atoms with van der Waals surface area (Å²) in [4.78, 5) is 30.9. The van der Waals surface area contributed by atoms with Gasteiger partial charge in [0.05, 0.1) is 0 Å². The van der Waals surface area contributed by atoms with E-state index in [1.54, 1.807) is 29.7 Å².